The number of hydrogen-bond donors (Lipinski definition) is 4. The number of rotatable bonds is 30. The van der Waals surface area contributed by atoms with E-state index >= 15 is 0 Å². The van der Waals surface area contributed by atoms with Gasteiger partial charge in [0.05, 0.1) is 25.1 Å². The van der Waals surface area contributed by atoms with Gasteiger partial charge in [0.25, 0.3) is 0 Å². The second-order valence-electron chi connectivity index (χ2n) is 18.6. The highest BCUT2D eigenvalue weighted by Gasteiger charge is 2.40. The monoisotopic (exact) mass is 953 g/mol. The molecule has 0 spiro atoms. The summed E-state index contributed by atoms with van der Waals surface area (Å²) in [6, 6.07) is 26.3. The van der Waals surface area contributed by atoms with Gasteiger partial charge in [-0.2, -0.15) is 0 Å². The molecule has 0 heterocycles. The molecular formula is C54H72N4O11. The fraction of sp³-hybridized carbons (Fsp3) is 0.481. The van der Waals surface area contributed by atoms with Crippen molar-refractivity contribution in [3.63, 3.8) is 0 Å². The molecule has 3 aromatic rings. The fourth-order valence-corrected chi connectivity index (χ4v) is 7.77. The Hall–Kier alpha value is -6.48. The number of unbranched alkanes of at least 4 members (excludes halogenated alkanes) is 1. The van der Waals surface area contributed by atoms with Gasteiger partial charge in [-0.25, -0.2) is 9.59 Å². The number of ether oxygens (including phenoxy) is 3. The molecule has 0 fully saturated rings. The Morgan fingerprint density at radius 2 is 1.26 bits per heavy atom. The van der Waals surface area contributed by atoms with Crippen molar-refractivity contribution < 1.29 is 52.6 Å². The van der Waals surface area contributed by atoms with E-state index < -0.39 is 77.2 Å². The van der Waals surface area contributed by atoms with Gasteiger partial charge < -0.3 is 35.5 Å². The lowest BCUT2D eigenvalue weighted by atomic mass is 9.80. The first-order valence-corrected chi connectivity index (χ1v) is 23.7. The van der Waals surface area contributed by atoms with E-state index in [2.05, 4.69) is 27.8 Å². The van der Waals surface area contributed by atoms with Crippen LogP contribution in [-0.2, 0) is 53.4 Å². The maximum Gasteiger partial charge on any atom is 0.407 e. The van der Waals surface area contributed by atoms with E-state index in [1.54, 1.807) is 20.8 Å². The Labute approximate surface area is 407 Å². The molecule has 0 radical (unpaired) electrons. The van der Waals surface area contributed by atoms with Crippen molar-refractivity contribution >= 4 is 47.1 Å². The number of nitrogens with one attached hydrogen (secondary N) is 4. The second kappa shape index (κ2) is 28.8. The summed E-state index contributed by atoms with van der Waals surface area (Å²) < 4.78 is 17.4. The van der Waals surface area contributed by atoms with Crippen LogP contribution in [0, 0.1) is 17.8 Å². The van der Waals surface area contributed by atoms with Crippen molar-refractivity contribution in [2.45, 2.75) is 123 Å². The molecule has 4 atom stereocenters. The topological polar surface area (TPSA) is 212 Å². The van der Waals surface area contributed by atoms with Crippen molar-refractivity contribution in [2.24, 2.45) is 17.8 Å². The molecule has 4 amide bonds. The zero-order chi connectivity index (χ0) is 51.0. The molecule has 15 heteroatoms. The van der Waals surface area contributed by atoms with Crippen molar-refractivity contribution in [1.82, 2.24) is 21.3 Å². The number of benzene rings is 3. The predicted molar refractivity (Wildman–Crippen MR) is 263 cm³/mol. The average molecular weight is 953 g/mol. The summed E-state index contributed by atoms with van der Waals surface area (Å²) in [5, 5.41) is 10.7. The third-order valence-corrected chi connectivity index (χ3v) is 11.1. The van der Waals surface area contributed by atoms with Crippen molar-refractivity contribution in [3.05, 3.63) is 120 Å². The minimum Gasteiger partial charge on any atom is -0.460 e. The van der Waals surface area contributed by atoms with Crippen LogP contribution >= 0.6 is 0 Å². The molecule has 0 aromatic heterocycles. The van der Waals surface area contributed by atoms with Gasteiger partial charge in [0.15, 0.2) is 11.6 Å². The first-order chi connectivity index (χ1) is 32.7. The van der Waals surface area contributed by atoms with E-state index in [9.17, 15) is 38.4 Å². The van der Waals surface area contributed by atoms with Crippen LogP contribution in [0.2, 0.25) is 0 Å². The molecule has 0 saturated carbocycles. The third-order valence-electron chi connectivity index (χ3n) is 11.1. The standard InChI is InChI=1S/C54H72N4O11/c1-9-31-67-51(65)46(57-39(5)60)28-29-49(63)58-47(32-37(2)3)48(62)34-41(50(64)56-35-45(61)33-40(38(4)59)21-19-20-30-55-52(66)69-53(6,7)8)36-68-54(42-22-13-10-14-23-42,43-24-15-11-16-25-43)44-26-17-12-18-27-44/h9-18,22-27,37,40-41,46-47H,1,19-21,28-36H2,2-8H3,(H,55,66)(H,56,64)(H,57,60)(H,58,63)/t40?,41-,46-,47-/m0/s1. The summed E-state index contributed by atoms with van der Waals surface area (Å²) in [5.74, 6) is -5.29. The largest absolute Gasteiger partial charge is 0.460 e. The van der Waals surface area contributed by atoms with Gasteiger partial charge in [0.2, 0.25) is 17.7 Å². The number of hydrogen-bond acceptors (Lipinski definition) is 11. The lowest BCUT2D eigenvalue weighted by Gasteiger charge is -2.37. The third kappa shape index (κ3) is 20.0. The summed E-state index contributed by atoms with van der Waals surface area (Å²) >= 11 is 0. The normalized spacial score (nSPS) is 13.2. The van der Waals surface area contributed by atoms with E-state index in [0.717, 1.165) is 16.7 Å². The lowest BCUT2D eigenvalue weighted by Crippen LogP contribution is -2.46. The van der Waals surface area contributed by atoms with Crippen LogP contribution in [0.3, 0.4) is 0 Å². The van der Waals surface area contributed by atoms with E-state index in [1.165, 1.54) is 19.9 Å². The number of alkyl carbamates (subject to hydrolysis) is 1. The Kier molecular flexibility index (Phi) is 23.7. The number of Topliss-reactive ketones (excluding diaryl/α,β-unsaturated/α-hetero) is 3. The van der Waals surface area contributed by atoms with Crippen molar-refractivity contribution in [1.29, 1.82) is 0 Å². The number of esters is 1. The van der Waals surface area contributed by atoms with Gasteiger partial charge in [-0.15, -0.1) is 0 Å². The smallest absolute Gasteiger partial charge is 0.407 e. The van der Waals surface area contributed by atoms with Crippen molar-refractivity contribution in [2.75, 3.05) is 26.3 Å². The molecule has 0 bridgehead atoms. The predicted octanol–water partition coefficient (Wildman–Crippen LogP) is 7.09. The van der Waals surface area contributed by atoms with Gasteiger partial charge in [0, 0.05) is 38.6 Å². The van der Waals surface area contributed by atoms with Crippen LogP contribution in [0.15, 0.2) is 104 Å². The van der Waals surface area contributed by atoms with Crippen molar-refractivity contribution in [3.8, 4) is 0 Å². The average Bonchev–Trinajstić information content (AvgIpc) is 3.30. The van der Waals surface area contributed by atoms with Crippen LogP contribution in [0.5, 0.6) is 0 Å². The molecule has 3 aromatic carbocycles. The van der Waals surface area contributed by atoms with Gasteiger partial charge >= 0.3 is 12.1 Å². The minimum atomic E-state index is -1.26. The Morgan fingerprint density at radius 1 is 0.696 bits per heavy atom. The number of ketones is 3. The maximum atomic E-state index is 14.5. The molecule has 15 nitrogen and oxygen atoms in total. The van der Waals surface area contributed by atoms with E-state index in [4.69, 9.17) is 14.2 Å². The summed E-state index contributed by atoms with van der Waals surface area (Å²) in [6.07, 6.45) is 1.72. The first-order valence-electron chi connectivity index (χ1n) is 23.7. The van der Waals surface area contributed by atoms with Gasteiger partial charge in [-0.3, -0.25) is 28.8 Å². The number of carbonyl (C=O) groups is 8. The summed E-state index contributed by atoms with van der Waals surface area (Å²) in [6.45, 7) is 14.8. The number of carbonyl (C=O) groups excluding carboxylic acids is 8. The van der Waals surface area contributed by atoms with E-state index in [0.29, 0.717) is 25.8 Å². The van der Waals surface area contributed by atoms with Crippen LogP contribution in [0.4, 0.5) is 4.79 Å². The maximum absolute atomic E-state index is 14.5. The molecule has 374 valence electrons. The van der Waals surface area contributed by atoms with E-state index in [-0.39, 0.29) is 62.8 Å². The Balaban J connectivity index is 1.90. The molecule has 1 unspecified atom stereocenters. The first kappa shape index (κ1) is 56.8. The SMILES string of the molecule is C=CCOC(=O)[C@H](CCC(=O)N[C@@H](CC(C)C)C(=O)C[C@@H](COC(c1ccccc1)(c1ccccc1)c1ccccc1)C(=O)NCC(=O)CC(CCCCNC(=O)OC(C)(C)C)C(C)=O)NC(C)=O. The van der Waals surface area contributed by atoms with Crippen LogP contribution in [-0.4, -0.2) is 91.1 Å². The quantitative estimate of drug-likeness (QED) is 0.0229. The minimum absolute atomic E-state index is 0.0706. The molecule has 0 aliphatic rings. The Bertz CT molecular complexity index is 2060. The molecule has 69 heavy (non-hydrogen) atoms. The van der Waals surface area contributed by atoms with Gasteiger partial charge in [-0.1, -0.05) is 124 Å². The highest BCUT2D eigenvalue weighted by Crippen LogP contribution is 2.41. The summed E-state index contributed by atoms with van der Waals surface area (Å²) in [7, 11) is 0. The van der Waals surface area contributed by atoms with E-state index in [1.807, 2.05) is 105 Å². The second-order valence-corrected chi connectivity index (χ2v) is 18.6. The molecule has 4 N–H and O–H groups in total. The van der Waals surface area contributed by atoms with Gasteiger partial charge in [-0.05, 0) is 76.0 Å². The molecule has 0 aliphatic heterocycles. The van der Waals surface area contributed by atoms with Crippen LogP contribution in [0.25, 0.3) is 0 Å². The summed E-state index contributed by atoms with van der Waals surface area (Å²) in [5.41, 5.74) is 0.376. The zero-order valence-corrected chi connectivity index (χ0v) is 41.3. The molecular weight excluding hydrogens is 881 g/mol. The zero-order valence-electron chi connectivity index (χ0n) is 41.3. The van der Waals surface area contributed by atoms with Crippen LogP contribution < -0.4 is 21.3 Å². The molecule has 0 saturated heterocycles. The Morgan fingerprint density at radius 3 is 1.75 bits per heavy atom. The highest BCUT2D eigenvalue weighted by molar-refractivity contribution is 5.94. The lowest BCUT2D eigenvalue weighted by molar-refractivity contribution is -0.147. The summed E-state index contributed by atoms with van der Waals surface area (Å²) in [4.78, 5) is 105. The highest BCUT2D eigenvalue weighted by atomic mass is 16.6. The number of amides is 4. The molecule has 0 aliphatic carbocycles. The fourth-order valence-electron chi connectivity index (χ4n) is 7.77. The molecule has 3 rings (SSSR count). The van der Waals surface area contributed by atoms with Crippen LogP contribution in [0.1, 0.15) is 117 Å². The van der Waals surface area contributed by atoms with Gasteiger partial charge in [0.1, 0.15) is 29.6 Å².